The Morgan fingerprint density at radius 2 is 0.594 bits per heavy atom. The molecule has 0 radical (unpaired) electrons. The van der Waals surface area contributed by atoms with Crippen molar-refractivity contribution in [3.63, 3.8) is 0 Å². The highest BCUT2D eigenvalue weighted by Gasteiger charge is 2.39. The molecule has 0 atom stereocenters. The molecule has 0 amide bonds. The van der Waals surface area contributed by atoms with Gasteiger partial charge in [-0.2, -0.15) is 20.3 Å². The second-order valence-electron chi connectivity index (χ2n) is 8.30. The van der Waals surface area contributed by atoms with Gasteiger partial charge in [0, 0.05) is 52.4 Å². The highest BCUT2D eigenvalue weighted by molar-refractivity contribution is 6.66. The standard InChI is InChI=1S/C22H54N4O4Si2/c1-11-23(12-2)27-31(9,28-24(13-3)14-4)21-19-20-22-32(10,29-25(15-5)16-6)30-26(17-7)18-8/h11-22H2,1-10H3. The molecule has 0 fully saturated rings. The second kappa shape index (κ2) is 17.5. The summed E-state index contributed by atoms with van der Waals surface area (Å²) in [7, 11) is -4.77. The van der Waals surface area contributed by atoms with E-state index in [2.05, 4.69) is 68.5 Å². The SMILES string of the molecule is CCN(CC)O[Si](C)(CCCC[Si](C)(ON(CC)CC)ON(CC)CC)ON(CC)CC. The van der Waals surface area contributed by atoms with Crippen LogP contribution in [0.2, 0.25) is 25.2 Å². The van der Waals surface area contributed by atoms with E-state index >= 15 is 0 Å². The third kappa shape index (κ3) is 12.5. The molecule has 8 nitrogen and oxygen atoms in total. The van der Waals surface area contributed by atoms with Crippen LogP contribution in [0.5, 0.6) is 0 Å². The Morgan fingerprint density at radius 3 is 0.750 bits per heavy atom. The van der Waals surface area contributed by atoms with Gasteiger partial charge in [-0.05, 0) is 25.2 Å². The molecule has 0 heterocycles. The summed E-state index contributed by atoms with van der Waals surface area (Å²) in [6.45, 7) is 28.3. The van der Waals surface area contributed by atoms with Gasteiger partial charge in [-0.3, -0.25) is 0 Å². The molecular weight excluding hydrogens is 440 g/mol. The summed E-state index contributed by atoms with van der Waals surface area (Å²) in [4.78, 5) is 0. The van der Waals surface area contributed by atoms with Gasteiger partial charge in [-0.1, -0.05) is 68.2 Å². The van der Waals surface area contributed by atoms with Gasteiger partial charge in [0.25, 0.3) is 0 Å². The predicted octanol–water partition coefficient (Wildman–Crippen LogP) is 5.00. The van der Waals surface area contributed by atoms with Crippen molar-refractivity contribution in [2.24, 2.45) is 0 Å². The molecule has 0 rings (SSSR count). The molecule has 32 heavy (non-hydrogen) atoms. The van der Waals surface area contributed by atoms with E-state index in [1.165, 1.54) is 0 Å². The van der Waals surface area contributed by atoms with Crippen molar-refractivity contribution in [3.05, 3.63) is 0 Å². The minimum absolute atomic E-state index is 0.862. The first-order chi connectivity index (χ1) is 15.2. The maximum atomic E-state index is 6.44. The third-order valence-corrected chi connectivity index (χ3v) is 10.7. The van der Waals surface area contributed by atoms with E-state index in [0.29, 0.717) is 0 Å². The minimum atomic E-state index is -2.38. The van der Waals surface area contributed by atoms with E-state index < -0.39 is 17.1 Å². The van der Waals surface area contributed by atoms with Gasteiger partial charge in [0.15, 0.2) is 0 Å². The van der Waals surface area contributed by atoms with Crippen LogP contribution in [0.1, 0.15) is 68.2 Å². The summed E-state index contributed by atoms with van der Waals surface area (Å²) in [6, 6.07) is 1.89. The molecule has 0 aromatic carbocycles. The zero-order valence-corrected chi connectivity index (χ0v) is 24.9. The van der Waals surface area contributed by atoms with Gasteiger partial charge in [-0.25, -0.2) is 0 Å². The van der Waals surface area contributed by atoms with E-state index in [0.717, 1.165) is 77.3 Å². The van der Waals surface area contributed by atoms with Gasteiger partial charge in [0.1, 0.15) is 0 Å². The van der Waals surface area contributed by atoms with Crippen LogP contribution in [0, 0.1) is 0 Å². The Labute approximate surface area is 201 Å². The summed E-state index contributed by atoms with van der Waals surface area (Å²) < 4.78 is 25.8. The normalized spacial score (nSPS) is 13.3. The van der Waals surface area contributed by atoms with Gasteiger partial charge in [-0.15, -0.1) is 0 Å². The molecule has 0 bridgehead atoms. The average molecular weight is 495 g/mol. The van der Waals surface area contributed by atoms with Crippen LogP contribution in [0.25, 0.3) is 0 Å². The van der Waals surface area contributed by atoms with E-state index in [9.17, 15) is 0 Å². The fourth-order valence-corrected chi connectivity index (χ4v) is 9.05. The minimum Gasteiger partial charge on any atom is -0.309 e. The summed E-state index contributed by atoms with van der Waals surface area (Å²) >= 11 is 0. The fraction of sp³-hybridized carbons (Fsp3) is 1.00. The average Bonchev–Trinajstić information content (AvgIpc) is 2.81. The Morgan fingerprint density at radius 1 is 0.406 bits per heavy atom. The Hall–Kier alpha value is 0.114. The maximum Gasteiger partial charge on any atom is 0.374 e. The van der Waals surface area contributed by atoms with E-state index in [1.807, 2.05) is 20.3 Å². The largest absolute Gasteiger partial charge is 0.374 e. The first kappa shape index (κ1) is 32.1. The van der Waals surface area contributed by atoms with Crippen LogP contribution in [0.4, 0.5) is 0 Å². The molecule has 0 aromatic heterocycles. The van der Waals surface area contributed by atoms with Crippen LogP contribution in [-0.2, 0) is 18.1 Å². The maximum absolute atomic E-state index is 6.44. The lowest BCUT2D eigenvalue weighted by molar-refractivity contribution is -0.145. The molecule has 0 saturated carbocycles. The molecule has 0 saturated heterocycles. The van der Waals surface area contributed by atoms with Crippen molar-refractivity contribution in [2.45, 2.75) is 93.4 Å². The number of hydrogen-bond donors (Lipinski definition) is 0. The lowest BCUT2D eigenvalue weighted by atomic mass is 10.4. The van der Waals surface area contributed by atoms with E-state index in [4.69, 9.17) is 18.1 Å². The summed E-state index contributed by atoms with van der Waals surface area (Å²) in [5.74, 6) is 0. The smallest absolute Gasteiger partial charge is 0.309 e. The monoisotopic (exact) mass is 494 g/mol. The lowest BCUT2D eigenvalue weighted by Gasteiger charge is -2.37. The topological polar surface area (TPSA) is 49.9 Å². The van der Waals surface area contributed by atoms with Crippen LogP contribution in [0.15, 0.2) is 0 Å². The molecule has 0 aliphatic heterocycles. The van der Waals surface area contributed by atoms with Gasteiger partial charge >= 0.3 is 17.1 Å². The number of rotatable bonds is 21. The molecule has 0 unspecified atom stereocenters. The highest BCUT2D eigenvalue weighted by atomic mass is 28.4. The van der Waals surface area contributed by atoms with Gasteiger partial charge < -0.3 is 18.1 Å². The van der Waals surface area contributed by atoms with Crippen molar-refractivity contribution in [2.75, 3.05) is 52.4 Å². The molecule has 0 aromatic rings. The molecule has 0 aliphatic rings. The summed E-state index contributed by atoms with van der Waals surface area (Å²) in [6.07, 6.45) is 2.08. The highest BCUT2D eigenvalue weighted by Crippen LogP contribution is 2.25. The van der Waals surface area contributed by atoms with Crippen LogP contribution < -0.4 is 0 Å². The van der Waals surface area contributed by atoms with Gasteiger partial charge in [0.2, 0.25) is 0 Å². The van der Waals surface area contributed by atoms with Crippen molar-refractivity contribution < 1.29 is 18.1 Å². The van der Waals surface area contributed by atoms with Crippen molar-refractivity contribution in [3.8, 4) is 0 Å². The first-order valence-corrected chi connectivity index (χ1v) is 18.0. The zero-order chi connectivity index (χ0) is 24.6. The number of hydroxylamine groups is 8. The van der Waals surface area contributed by atoms with Crippen molar-refractivity contribution in [1.82, 2.24) is 20.3 Å². The summed E-state index contributed by atoms with van der Waals surface area (Å²) in [5, 5.41) is 8.12. The molecule has 0 N–H and O–H groups in total. The van der Waals surface area contributed by atoms with Gasteiger partial charge in [0.05, 0.1) is 0 Å². The Bertz CT molecular complexity index is 382. The molecule has 10 heteroatoms. The lowest BCUT2D eigenvalue weighted by Crippen LogP contribution is -2.50. The number of unbranched alkanes of at least 4 members (excludes halogenated alkanes) is 1. The van der Waals surface area contributed by atoms with Crippen molar-refractivity contribution >= 4 is 17.1 Å². The van der Waals surface area contributed by atoms with Crippen LogP contribution in [-0.4, -0.2) is 89.7 Å². The van der Waals surface area contributed by atoms with E-state index in [1.54, 1.807) is 0 Å². The zero-order valence-electron chi connectivity index (χ0n) is 22.9. The predicted molar refractivity (Wildman–Crippen MR) is 138 cm³/mol. The number of hydrogen-bond acceptors (Lipinski definition) is 8. The molecular formula is C22H54N4O4Si2. The van der Waals surface area contributed by atoms with Crippen LogP contribution in [0.3, 0.4) is 0 Å². The molecule has 194 valence electrons. The van der Waals surface area contributed by atoms with E-state index in [-0.39, 0.29) is 0 Å². The van der Waals surface area contributed by atoms with Crippen molar-refractivity contribution in [1.29, 1.82) is 0 Å². The van der Waals surface area contributed by atoms with Crippen LogP contribution >= 0.6 is 0 Å². The second-order valence-corrected chi connectivity index (χ2v) is 14.6. The fourth-order valence-electron chi connectivity index (χ4n) is 3.61. The quantitative estimate of drug-likeness (QED) is 0.125. The molecule has 0 spiro atoms. The Balaban J connectivity index is 5.17. The Kier molecular flexibility index (Phi) is 17.6. The summed E-state index contributed by atoms with van der Waals surface area (Å²) in [5.41, 5.74) is 0. The number of nitrogens with zero attached hydrogens (tertiary/aromatic N) is 4. The third-order valence-electron chi connectivity index (χ3n) is 5.62. The first-order valence-electron chi connectivity index (χ1n) is 12.9. The molecule has 0 aliphatic carbocycles.